The van der Waals surface area contributed by atoms with E-state index in [2.05, 4.69) is 24.4 Å². The normalized spacial score (nSPS) is 16.9. The molecule has 1 aliphatic carbocycles. The van der Waals surface area contributed by atoms with Crippen LogP contribution in [0.25, 0.3) is 0 Å². The SMILES string of the molecule is CNCCOC1(C=O)CCCCC1.Cc1ccccc1. The van der Waals surface area contributed by atoms with Crippen LogP contribution in [-0.4, -0.2) is 32.1 Å². The summed E-state index contributed by atoms with van der Waals surface area (Å²) in [6.07, 6.45) is 6.30. The van der Waals surface area contributed by atoms with Gasteiger partial charge >= 0.3 is 0 Å². The molecule has 2 rings (SSSR count). The van der Waals surface area contributed by atoms with Crippen molar-refractivity contribution in [2.75, 3.05) is 20.2 Å². The lowest BCUT2D eigenvalue weighted by atomic mass is 9.86. The van der Waals surface area contributed by atoms with Gasteiger partial charge in [0.05, 0.1) is 6.61 Å². The molecule has 0 radical (unpaired) electrons. The Balaban J connectivity index is 0.000000240. The largest absolute Gasteiger partial charge is 0.366 e. The van der Waals surface area contributed by atoms with Gasteiger partial charge in [0.25, 0.3) is 0 Å². The average Bonchev–Trinajstić information content (AvgIpc) is 2.50. The standard InChI is InChI=1S/C10H19NO2.C7H8/c1-11-7-8-13-10(9-12)5-3-2-4-6-10;1-7-5-3-2-4-6-7/h9,11H,2-8H2,1H3;2-6H,1H3. The molecule has 0 aliphatic heterocycles. The molecular weight excluding hydrogens is 250 g/mol. The summed E-state index contributed by atoms with van der Waals surface area (Å²) in [6, 6.07) is 10.3. The van der Waals surface area contributed by atoms with Crippen molar-refractivity contribution >= 4 is 6.29 Å². The molecule has 1 aromatic rings. The van der Waals surface area contributed by atoms with E-state index in [-0.39, 0.29) is 0 Å². The van der Waals surface area contributed by atoms with Gasteiger partial charge in [0, 0.05) is 6.54 Å². The second kappa shape index (κ2) is 9.67. The minimum Gasteiger partial charge on any atom is -0.366 e. The topological polar surface area (TPSA) is 38.3 Å². The molecule has 0 amide bonds. The van der Waals surface area contributed by atoms with Crippen LogP contribution in [0.5, 0.6) is 0 Å². The first-order chi connectivity index (χ1) is 9.72. The minimum absolute atomic E-state index is 0.449. The van der Waals surface area contributed by atoms with E-state index in [0.29, 0.717) is 6.61 Å². The lowest BCUT2D eigenvalue weighted by molar-refractivity contribution is -0.135. The van der Waals surface area contributed by atoms with Crippen LogP contribution in [0.15, 0.2) is 30.3 Å². The summed E-state index contributed by atoms with van der Waals surface area (Å²) < 4.78 is 5.63. The zero-order valence-corrected chi connectivity index (χ0v) is 12.7. The van der Waals surface area contributed by atoms with E-state index in [1.54, 1.807) is 0 Å². The fraction of sp³-hybridized carbons (Fsp3) is 0.588. The van der Waals surface area contributed by atoms with Crippen LogP contribution in [-0.2, 0) is 9.53 Å². The summed E-state index contributed by atoms with van der Waals surface area (Å²) in [4.78, 5) is 10.9. The van der Waals surface area contributed by atoms with Crippen molar-refractivity contribution in [2.24, 2.45) is 0 Å². The molecule has 1 fully saturated rings. The summed E-state index contributed by atoms with van der Waals surface area (Å²) in [5.41, 5.74) is 0.872. The monoisotopic (exact) mass is 277 g/mol. The molecule has 0 atom stereocenters. The van der Waals surface area contributed by atoms with E-state index in [0.717, 1.165) is 38.5 Å². The van der Waals surface area contributed by atoms with Crippen LogP contribution in [0, 0.1) is 6.92 Å². The zero-order chi connectivity index (χ0) is 14.7. The highest BCUT2D eigenvalue weighted by Crippen LogP contribution is 2.29. The molecule has 0 heterocycles. The first-order valence-electron chi connectivity index (χ1n) is 7.49. The molecule has 0 unspecified atom stereocenters. The zero-order valence-electron chi connectivity index (χ0n) is 12.7. The smallest absolute Gasteiger partial charge is 0.151 e. The third kappa shape index (κ3) is 6.31. The molecule has 0 saturated heterocycles. The molecular formula is C17H27NO2. The Morgan fingerprint density at radius 3 is 2.30 bits per heavy atom. The van der Waals surface area contributed by atoms with Crippen molar-refractivity contribution in [3.63, 3.8) is 0 Å². The van der Waals surface area contributed by atoms with Gasteiger partial charge < -0.3 is 14.8 Å². The first kappa shape index (κ1) is 16.9. The van der Waals surface area contributed by atoms with Crippen LogP contribution in [0.2, 0.25) is 0 Å². The summed E-state index contributed by atoms with van der Waals surface area (Å²) in [6.45, 7) is 3.53. The second-order valence-corrected chi connectivity index (χ2v) is 5.35. The van der Waals surface area contributed by atoms with Crippen molar-refractivity contribution in [2.45, 2.75) is 44.6 Å². The molecule has 1 aliphatic rings. The van der Waals surface area contributed by atoms with Gasteiger partial charge in [0.2, 0.25) is 0 Å². The van der Waals surface area contributed by atoms with E-state index < -0.39 is 5.60 Å². The maximum absolute atomic E-state index is 10.9. The van der Waals surface area contributed by atoms with Gasteiger partial charge in [0.1, 0.15) is 5.60 Å². The third-order valence-electron chi connectivity index (χ3n) is 3.60. The van der Waals surface area contributed by atoms with E-state index in [1.807, 2.05) is 25.2 Å². The number of rotatable bonds is 5. The van der Waals surface area contributed by atoms with Crippen molar-refractivity contribution in [3.05, 3.63) is 35.9 Å². The van der Waals surface area contributed by atoms with E-state index >= 15 is 0 Å². The molecule has 0 aromatic heterocycles. The Bertz CT molecular complexity index is 359. The van der Waals surface area contributed by atoms with Crippen molar-refractivity contribution < 1.29 is 9.53 Å². The third-order valence-corrected chi connectivity index (χ3v) is 3.60. The number of hydrogen-bond acceptors (Lipinski definition) is 3. The van der Waals surface area contributed by atoms with Gasteiger partial charge in [-0.3, -0.25) is 0 Å². The number of likely N-dealkylation sites (N-methyl/N-ethyl adjacent to an activating group) is 1. The number of aldehydes is 1. The Kier molecular flexibility index (Phi) is 8.16. The van der Waals surface area contributed by atoms with Crippen LogP contribution in [0.3, 0.4) is 0 Å². The van der Waals surface area contributed by atoms with Crippen LogP contribution in [0.4, 0.5) is 0 Å². The second-order valence-electron chi connectivity index (χ2n) is 5.35. The maximum Gasteiger partial charge on any atom is 0.151 e. The maximum atomic E-state index is 10.9. The van der Waals surface area contributed by atoms with Crippen LogP contribution in [0.1, 0.15) is 37.7 Å². The molecule has 1 aromatic carbocycles. The fourth-order valence-corrected chi connectivity index (χ4v) is 2.34. The van der Waals surface area contributed by atoms with E-state index in [9.17, 15) is 4.79 Å². The Labute approximate surface area is 122 Å². The fourth-order valence-electron chi connectivity index (χ4n) is 2.34. The van der Waals surface area contributed by atoms with Crippen molar-refractivity contribution in [1.29, 1.82) is 0 Å². The summed E-state index contributed by atoms with van der Waals surface area (Å²) in [5, 5.41) is 3.01. The predicted octanol–water partition coefficient (Wildman–Crippen LogP) is 3.12. The quantitative estimate of drug-likeness (QED) is 0.664. The Morgan fingerprint density at radius 2 is 1.85 bits per heavy atom. The number of carbonyl (C=O) groups is 1. The average molecular weight is 277 g/mol. The molecule has 1 N–H and O–H groups in total. The number of ether oxygens (including phenoxy) is 1. The number of nitrogens with one attached hydrogen (secondary N) is 1. The van der Waals surface area contributed by atoms with Crippen molar-refractivity contribution in [1.82, 2.24) is 5.32 Å². The predicted molar refractivity (Wildman–Crippen MR) is 82.9 cm³/mol. The molecule has 112 valence electrons. The van der Waals surface area contributed by atoms with Crippen LogP contribution >= 0.6 is 0 Å². The van der Waals surface area contributed by atoms with Crippen LogP contribution < -0.4 is 5.32 Å². The van der Waals surface area contributed by atoms with Gasteiger partial charge in [-0.1, -0.05) is 55.2 Å². The lowest BCUT2D eigenvalue weighted by Crippen LogP contribution is -2.38. The Morgan fingerprint density at radius 1 is 1.20 bits per heavy atom. The number of carbonyl (C=O) groups excluding carboxylic acids is 1. The van der Waals surface area contributed by atoms with Gasteiger partial charge in [-0.2, -0.15) is 0 Å². The Hall–Kier alpha value is -1.19. The first-order valence-corrected chi connectivity index (χ1v) is 7.49. The minimum atomic E-state index is -0.449. The molecule has 0 spiro atoms. The highest BCUT2D eigenvalue weighted by molar-refractivity contribution is 5.62. The summed E-state index contributed by atoms with van der Waals surface area (Å²) >= 11 is 0. The molecule has 20 heavy (non-hydrogen) atoms. The summed E-state index contributed by atoms with van der Waals surface area (Å²) in [7, 11) is 1.89. The highest BCUT2D eigenvalue weighted by atomic mass is 16.5. The van der Waals surface area contributed by atoms with Gasteiger partial charge in [-0.15, -0.1) is 0 Å². The van der Waals surface area contributed by atoms with Gasteiger partial charge in [-0.25, -0.2) is 0 Å². The number of hydrogen-bond donors (Lipinski definition) is 1. The molecule has 0 bridgehead atoms. The number of aryl methyl sites for hydroxylation is 1. The van der Waals surface area contributed by atoms with Crippen molar-refractivity contribution in [3.8, 4) is 0 Å². The number of benzene rings is 1. The van der Waals surface area contributed by atoms with E-state index in [4.69, 9.17) is 4.74 Å². The molecule has 1 saturated carbocycles. The van der Waals surface area contributed by atoms with Gasteiger partial charge in [0.15, 0.2) is 6.29 Å². The summed E-state index contributed by atoms with van der Waals surface area (Å²) in [5.74, 6) is 0. The molecule has 3 nitrogen and oxygen atoms in total. The lowest BCUT2D eigenvalue weighted by Gasteiger charge is -2.31. The van der Waals surface area contributed by atoms with E-state index in [1.165, 1.54) is 12.0 Å². The highest BCUT2D eigenvalue weighted by Gasteiger charge is 2.32. The van der Waals surface area contributed by atoms with Gasteiger partial charge in [-0.05, 0) is 26.8 Å². The molecule has 3 heteroatoms.